The highest BCUT2D eigenvalue weighted by Gasteiger charge is 2.31. The summed E-state index contributed by atoms with van der Waals surface area (Å²) in [4.78, 5) is 19.6. The number of carbonyl (C=O) groups is 1. The Bertz CT molecular complexity index is 882. The average Bonchev–Trinajstić information content (AvgIpc) is 3.17. The third-order valence-electron chi connectivity index (χ3n) is 3.15. The summed E-state index contributed by atoms with van der Waals surface area (Å²) in [6, 6.07) is 2.93. The molecular formula is C15H11F3N2O4. The summed E-state index contributed by atoms with van der Waals surface area (Å²) in [5, 5.41) is 0. The van der Waals surface area contributed by atoms with Crippen molar-refractivity contribution in [2.75, 3.05) is 0 Å². The third kappa shape index (κ3) is 3.24. The van der Waals surface area contributed by atoms with E-state index in [1.807, 2.05) is 6.92 Å². The van der Waals surface area contributed by atoms with E-state index in [2.05, 4.69) is 9.97 Å². The summed E-state index contributed by atoms with van der Waals surface area (Å²) in [7, 11) is 0. The number of aromatic nitrogens is 2. The highest BCUT2D eigenvalue weighted by Crippen LogP contribution is 2.31. The number of nitrogens with zero attached hydrogens (tertiary/aromatic N) is 2. The standard InChI is InChI=1S/C15H11F3N2O4/c1-2-12-20-10(6-22-12)14(21)23-7-13-19-9-5-8(15(16,17)18)3-4-11(9)24-13/h3-6H,2,7H2,1H3. The van der Waals surface area contributed by atoms with Crippen molar-refractivity contribution in [1.29, 1.82) is 0 Å². The average molecular weight is 340 g/mol. The summed E-state index contributed by atoms with van der Waals surface area (Å²) in [5.41, 5.74) is -0.627. The molecule has 1 aromatic carbocycles. The molecule has 0 bridgehead atoms. The second kappa shape index (κ2) is 5.99. The lowest BCUT2D eigenvalue weighted by atomic mass is 10.2. The molecule has 0 aliphatic heterocycles. The molecule has 2 heterocycles. The number of alkyl halides is 3. The van der Waals surface area contributed by atoms with Crippen LogP contribution in [0.25, 0.3) is 11.1 Å². The van der Waals surface area contributed by atoms with Gasteiger partial charge in [0.15, 0.2) is 23.8 Å². The van der Waals surface area contributed by atoms with Gasteiger partial charge in [0.25, 0.3) is 0 Å². The maximum absolute atomic E-state index is 12.7. The highest BCUT2D eigenvalue weighted by molar-refractivity contribution is 5.86. The zero-order chi connectivity index (χ0) is 17.3. The molecule has 3 rings (SSSR count). The Kier molecular flexibility index (Phi) is 4.00. The van der Waals surface area contributed by atoms with Gasteiger partial charge in [-0.2, -0.15) is 13.2 Å². The van der Waals surface area contributed by atoms with Crippen molar-refractivity contribution in [2.45, 2.75) is 26.1 Å². The van der Waals surface area contributed by atoms with Crippen LogP contribution in [0.3, 0.4) is 0 Å². The van der Waals surface area contributed by atoms with Gasteiger partial charge < -0.3 is 13.6 Å². The Morgan fingerprint density at radius 1 is 1.25 bits per heavy atom. The molecule has 0 N–H and O–H groups in total. The zero-order valence-electron chi connectivity index (χ0n) is 12.4. The first-order valence-corrected chi connectivity index (χ1v) is 6.95. The number of hydrogen-bond acceptors (Lipinski definition) is 6. The molecule has 6 nitrogen and oxygen atoms in total. The summed E-state index contributed by atoms with van der Waals surface area (Å²) in [5.74, 6) is -0.364. The van der Waals surface area contributed by atoms with Crippen LogP contribution in [-0.4, -0.2) is 15.9 Å². The minimum Gasteiger partial charge on any atom is -0.451 e. The molecule has 0 atom stereocenters. The normalized spacial score (nSPS) is 11.8. The number of halogens is 3. The Hall–Kier alpha value is -2.84. The van der Waals surface area contributed by atoms with Crippen molar-refractivity contribution in [2.24, 2.45) is 0 Å². The van der Waals surface area contributed by atoms with Gasteiger partial charge in [-0.3, -0.25) is 0 Å². The van der Waals surface area contributed by atoms with Crippen LogP contribution in [0.5, 0.6) is 0 Å². The molecule has 0 saturated heterocycles. The number of carbonyl (C=O) groups excluding carboxylic acids is 1. The SMILES string of the molecule is CCc1nc(C(=O)OCc2nc3cc(C(F)(F)F)ccc3o2)co1. The summed E-state index contributed by atoms with van der Waals surface area (Å²) in [6.45, 7) is 1.48. The van der Waals surface area contributed by atoms with Gasteiger partial charge in [-0.25, -0.2) is 14.8 Å². The highest BCUT2D eigenvalue weighted by atomic mass is 19.4. The molecule has 9 heteroatoms. The summed E-state index contributed by atoms with van der Waals surface area (Å²) in [6.07, 6.45) is -2.77. The molecule has 0 aliphatic rings. The fraction of sp³-hybridized carbons (Fsp3) is 0.267. The topological polar surface area (TPSA) is 78.4 Å². The summed E-state index contributed by atoms with van der Waals surface area (Å²) >= 11 is 0. The van der Waals surface area contributed by atoms with Crippen LogP contribution in [0.2, 0.25) is 0 Å². The number of aryl methyl sites for hydroxylation is 1. The Balaban J connectivity index is 1.72. The lowest BCUT2D eigenvalue weighted by molar-refractivity contribution is -0.137. The van der Waals surface area contributed by atoms with Gasteiger partial charge in [-0.15, -0.1) is 0 Å². The third-order valence-corrected chi connectivity index (χ3v) is 3.15. The van der Waals surface area contributed by atoms with Crippen LogP contribution in [0.4, 0.5) is 13.2 Å². The molecule has 0 amide bonds. The van der Waals surface area contributed by atoms with E-state index >= 15 is 0 Å². The van der Waals surface area contributed by atoms with E-state index in [0.717, 1.165) is 12.1 Å². The molecule has 3 aromatic rings. The van der Waals surface area contributed by atoms with Gasteiger partial charge in [0.05, 0.1) is 5.56 Å². The van der Waals surface area contributed by atoms with Crippen LogP contribution >= 0.6 is 0 Å². The van der Waals surface area contributed by atoms with E-state index in [1.54, 1.807) is 0 Å². The molecule has 126 valence electrons. The van der Waals surface area contributed by atoms with Crippen molar-refractivity contribution in [3.8, 4) is 0 Å². The number of esters is 1. The smallest absolute Gasteiger partial charge is 0.416 e. The number of hydrogen-bond donors (Lipinski definition) is 0. The molecule has 2 aromatic heterocycles. The second-order valence-electron chi connectivity index (χ2n) is 4.84. The Labute approximate surface area is 133 Å². The zero-order valence-corrected chi connectivity index (χ0v) is 12.4. The lowest BCUT2D eigenvalue weighted by Gasteiger charge is -2.04. The maximum Gasteiger partial charge on any atom is 0.416 e. The van der Waals surface area contributed by atoms with Gasteiger partial charge >= 0.3 is 12.1 Å². The molecule has 24 heavy (non-hydrogen) atoms. The number of oxazole rings is 2. The van der Waals surface area contributed by atoms with Gasteiger partial charge in [-0.05, 0) is 18.2 Å². The van der Waals surface area contributed by atoms with Crippen molar-refractivity contribution in [3.63, 3.8) is 0 Å². The van der Waals surface area contributed by atoms with Crippen LogP contribution in [0.15, 0.2) is 33.3 Å². The lowest BCUT2D eigenvalue weighted by Crippen LogP contribution is -2.06. The van der Waals surface area contributed by atoms with Crippen molar-refractivity contribution in [1.82, 2.24) is 9.97 Å². The van der Waals surface area contributed by atoms with Gasteiger partial charge in [0, 0.05) is 6.42 Å². The van der Waals surface area contributed by atoms with Gasteiger partial charge in [0.2, 0.25) is 5.89 Å². The van der Waals surface area contributed by atoms with Gasteiger partial charge in [0.1, 0.15) is 11.8 Å². The number of benzene rings is 1. The first kappa shape index (κ1) is 16.0. The molecule has 0 aliphatic carbocycles. The molecule has 0 spiro atoms. The quantitative estimate of drug-likeness (QED) is 0.673. The van der Waals surface area contributed by atoms with Gasteiger partial charge in [-0.1, -0.05) is 6.92 Å². The Morgan fingerprint density at radius 2 is 2.04 bits per heavy atom. The predicted molar refractivity (Wildman–Crippen MR) is 74.0 cm³/mol. The van der Waals surface area contributed by atoms with Crippen molar-refractivity contribution in [3.05, 3.63) is 47.5 Å². The summed E-state index contributed by atoms with van der Waals surface area (Å²) < 4.78 is 53.2. The number of fused-ring (bicyclic) bond motifs is 1. The maximum atomic E-state index is 12.7. The minimum atomic E-state index is -4.47. The largest absolute Gasteiger partial charge is 0.451 e. The van der Waals surface area contributed by atoms with E-state index in [1.165, 1.54) is 12.3 Å². The molecule has 0 saturated carbocycles. The van der Waals surface area contributed by atoms with Crippen LogP contribution in [0.1, 0.15) is 34.8 Å². The first-order valence-electron chi connectivity index (χ1n) is 6.95. The van der Waals surface area contributed by atoms with E-state index in [4.69, 9.17) is 13.6 Å². The van der Waals surface area contributed by atoms with Crippen LogP contribution < -0.4 is 0 Å². The molecule has 0 fully saturated rings. The van der Waals surface area contributed by atoms with Crippen molar-refractivity contribution >= 4 is 17.1 Å². The Morgan fingerprint density at radius 3 is 2.71 bits per heavy atom. The molecular weight excluding hydrogens is 329 g/mol. The predicted octanol–water partition coefficient (Wildman–Crippen LogP) is 3.75. The fourth-order valence-corrected chi connectivity index (χ4v) is 1.98. The van der Waals surface area contributed by atoms with E-state index in [9.17, 15) is 18.0 Å². The molecule has 0 radical (unpaired) electrons. The van der Waals surface area contributed by atoms with E-state index in [-0.39, 0.29) is 29.3 Å². The molecule has 0 unspecified atom stereocenters. The van der Waals surface area contributed by atoms with Crippen molar-refractivity contribution < 1.29 is 31.5 Å². The number of rotatable bonds is 4. The minimum absolute atomic E-state index is 0.00215. The van der Waals surface area contributed by atoms with E-state index in [0.29, 0.717) is 12.3 Å². The fourth-order valence-electron chi connectivity index (χ4n) is 1.98. The van der Waals surface area contributed by atoms with E-state index < -0.39 is 17.7 Å². The number of ether oxygens (including phenoxy) is 1. The van der Waals surface area contributed by atoms with Crippen LogP contribution in [0, 0.1) is 0 Å². The second-order valence-corrected chi connectivity index (χ2v) is 4.84. The first-order chi connectivity index (χ1) is 11.4. The monoisotopic (exact) mass is 340 g/mol. The van der Waals surface area contributed by atoms with Crippen LogP contribution in [-0.2, 0) is 23.9 Å².